The molecule has 3 nitrogen and oxygen atoms in total. The van der Waals surface area contributed by atoms with Crippen molar-refractivity contribution < 1.29 is 4.79 Å². The van der Waals surface area contributed by atoms with Gasteiger partial charge in [0.25, 0.3) is 0 Å². The molecule has 0 aliphatic heterocycles. The molecule has 0 aliphatic rings. The van der Waals surface area contributed by atoms with Crippen LogP contribution in [0.4, 0.5) is 0 Å². The Bertz CT molecular complexity index is 1130. The van der Waals surface area contributed by atoms with Gasteiger partial charge in [-0.3, -0.25) is 4.79 Å². The molecule has 0 bridgehead atoms. The molecule has 2 aromatic carbocycles. The van der Waals surface area contributed by atoms with Gasteiger partial charge in [0.2, 0.25) is 0 Å². The Morgan fingerprint density at radius 2 is 1.91 bits per heavy atom. The zero-order valence-electron chi connectivity index (χ0n) is 19.4. The molecule has 0 radical (unpaired) electrons. The molecular weight excluding hydrogens is 392 g/mol. The van der Waals surface area contributed by atoms with Gasteiger partial charge in [0, 0.05) is 17.0 Å². The minimum atomic E-state index is -0.0501. The fraction of sp³-hybridized carbons (Fsp3) is 0.310. The lowest BCUT2D eigenvalue weighted by Crippen LogP contribution is -2.14. The van der Waals surface area contributed by atoms with Crippen LogP contribution in [0.15, 0.2) is 61.4 Å². The summed E-state index contributed by atoms with van der Waals surface area (Å²) in [4.78, 5) is 17.7. The first kappa shape index (κ1) is 23.3. The molecule has 0 fully saturated rings. The van der Waals surface area contributed by atoms with Gasteiger partial charge in [-0.1, -0.05) is 76.4 Å². The lowest BCUT2D eigenvalue weighted by molar-refractivity contribution is 0.0921. The van der Waals surface area contributed by atoms with Crippen LogP contribution in [0.5, 0.6) is 0 Å². The third kappa shape index (κ3) is 4.92. The van der Waals surface area contributed by atoms with Crippen molar-refractivity contribution in [3.8, 4) is 18.0 Å². The van der Waals surface area contributed by atoms with Gasteiger partial charge >= 0.3 is 0 Å². The number of carbonyl (C=O) groups excluding carboxylic acids is 1. The van der Waals surface area contributed by atoms with Gasteiger partial charge in [0.1, 0.15) is 12.0 Å². The first-order valence-electron chi connectivity index (χ1n) is 11.5. The van der Waals surface area contributed by atoms with Crippen molar-refractivity contribution >= 4 is 11.4 Å². The molecule has 3 heteroatoms. The first-order valence-corrected chi connectivity index (χ1v) is 11.5. The maximum atomic E-state index is 13.1. The number of ketones is 1. The molecule has 3 rings (SSSR count). The lowest BCUT2D eigenvalue weighted by Gasteiger charge is -2.17. The molecule has 32 heavy (non-hydrogen) atoms. The summed E-state index contributed by atoms with van der Waals surface area (Å²) in [6.45, 7) is 10.6. The van der Waals surface area contributed by atoms with Crippen LogP contribution in [0.1, 0.15) is 79.3 Å². The summed E-state index contributed by atoms with van der Waals surface area (Å²) in [6, 6.07) is 16.0. The third-order valence-corrected chi connectivity index (χ3v) is 6.05. The van der Waals surface area contributed by atoms with E-state index < -0.39 is 0 Å². The molecule has 1 atom stereocenters. The molecule has 0 saturated heterocycles. The van der Waals surface area contributed by atoms with Crippen molar-refractivity contribution in [3.05, 3.63) is 89.5 Å². The van der Waals surface area contributed by atoms with E-state index >= 15 is 0 Å². The highest BCUT2D eigenvalue weighted by Gasteiger charge is 2.23. The van der Waals surface area contributed by atoms with Crippen LogP contribution in [0.3, 0.4) is 0 Å². The predicted octanol–water partition coefficient (Wildman–Crippen LogP) is 6.88. The Morgan fingerprint density at radius 3 is 2.56 bits per heavy atom. The number of imidazole rings is 1. The number of hydrogen-bond donors (Lipinski definition) is 0. The number of terminal acetylenes is 1. The number of benzene rings is 2. The number of aromatic nitrogens is 2. The fourth-order valence-electron chi connectivity index (χ4n) is 3.86. The van der Waals surface area contributed by atoms with E-state index in [2.05, 4.69) is 29.0 Å². The van der Waals surface area contributed by atoms with E-state index in [0.717, 1.165) is 65.7 Å². The number of nitrogens with zero attached hydrogens (tertiary/aromatic N) is 2. The quantitative estimate of drug-likeness (QED) is 0.202. The Kier molecular flexibility index (Phi) is 7.84. The average molecular weight is 425 g/mol. The Balaban J connectivity index is 2.16. The van der Waals surface area contributed by atoms with Crippen LogP contribution in [-0.4, -0.2) is 15.3 Å². The molecule has 164 valence electrons. The highest BCUT2D eigenvalue weighted by molar-refractivity contribution is 5.97. The van der Waals surface area contributed by atoms with E-state index in [1.165, 1.54) is 0 Å². The van der Waals surface area contributed by atoms with Gasteiger partial charge < -0.3 is 4.57 Å². The van der Waals surface area contributed by atoms with E-state index in [4.69, 9.17) is 6.42 Å². The highest BCUT2D eigenvalue weighted by atomic mass is 16.1. The van der Waals surface area contributed by atoms with Gasteiger partial charge in [0.05, 0.1) is 11.4 Å². The van der Waals surface area contributed by atoms with Crippen LogP contribution in [0.25, 0.3) is 11.3 Å². The normalized spacial score (nSPS) is 11.7. The summed E-state index contributed by atoms with van der Waals surface area (Å²) in [7, 11) is 0. The molecular formula is C29H32N2O. The smallest absolute Gasteiger partial charge is 0.185 e. The zero-order valence-corrected chi connectivity index (χ0v) is 19.4. The van der Waals surface area contributed by atoms with E-state index in [1.807, 2.05) is 62.4 Å². The van der Waals surface area contributed by atoms with Crippen LogP contribution in [0, 0.1) is 18.3 Å². The molecule has 1 aromatic heterocycles. The zero-order chi connectivity index (χ0) is 23.1. The summed E-state index contributed by atoms with van der Waals surface area (Å²) in [6.07, 6.45) is 12.3. The van der Waals surface area contributed by atoms with Crippen LogP contribution >= 0.6 is 0 Å². The number of carbonyl (C=O) groups is 1. The fourth-order valence-corrected chi connectivity index (χ4v) is 3.86. The van der Waals surface area contributed by atoms with Crippen LogP contribution in [0.2, 0.25) is 0 Å². The molecule has 1 unspecified atom stereocenters. The molecule has 0 spiro atoms. The topological polar surface area (TPSA) is 34.9 Å². The van der Waals surface area contributed by atoms with Crippen LogP contribution < -0.4 is 0 Å². The SMILES string of the molecule is C#Cc1ccc(-n2cnc(C(=O)C(C)CC)c2CCCCC)c(C(=C)c2ccccc2)c1. The summed E-state index contributed by atoms with van der Waals surface area (Å²) >= 11 is 0. The van der Waals surface area contributed by atoms with Crippen molar-refractivity contribution in [3.63, 3.8) is 0 Å². The lowest BCUT2D eigenvalue weighted by atomic mass is 9.95. The second-order valence-electron chi connectivity index (χ2n) is 8.26. The molecule has 0 amide bonds. The van der Waals surface area contributed by atoms with Crippen LogP contribution in [-0.2, 0) is 6.42 Å². The van der Waals surface area contributed by atoms with Crippen molar-refractivity contribution in [1.29, 1.82) is 0 Å². The van der Waals surface area contributed by atoms with Gasteiger partial charge in [-0.25, -0.2) is 4.98 Å². The summed E-state index contributed by atoms with van der Waals surface area (Å²) in [5.74, 6) is 2.80. The van der Waals surface area contributed by atoms with E-state index in [1.54, 1.807) is 6.33 Å². The van der Waals surface area contributed by atoms with Crippen molar-refractivity contribution in [2.75, 3.05) is 0 Å². The van der Waals surface area contributed by atoms with Crippen molar-refractivity contribution in [1.82, 2.24) is 9.55 Å². The Hall–Kier alpha value is -3.38. The van der Waals surface area contributed by atoms with Gasteiger partial charge in [-0.05, 0) is 48.6 Å². The number of Topliss-reactive ketones (excluding diaryl/α,β-unsaturated/α-hetero) is 1. The summed E-state index contributed by atoms with van der Waals surface area (Å²) < 4.78 is 2.06. The standard InChI is InChI=1S/C29H32N2O/c1-6-9-11-16-27-28(29(32)21(4)7-2)30-20-31(27)26-18-17-23(8-3)19-25(26)22(5)24-14-12-10-13-15-24/h3,10,12-15,17-21H,5-7,9,11,16H2,1-2,4H3. The maximum Gasteiger partial charge on any atom is 0.185 e. The van der Waals surface area contributed by atoms with Gasteiger partial charge in [0.15, 0.2) is 5.78 Å². The first-order chi connectivity index (χ1) is 15.5. The maximum absolute atomic E-state index is 13.1. The van der Waals surface area contributed by atoms with Gasteiger partial charge in [-0.2, -0.15) is 0 Å². The Labute approximate surface area is 192 Å². The van der Waals surface area contributed by atoms with E-state index in [9.17, 15) is 4.79 Å². The van der Waals surface area contributed by atoms with E-state index in [0.29, 0.717) is 5.69 Å². The molecule has 1 heterocycles. The third-order valence-electron chi connectivity index (χ3n) is 6.05. The average Bonchev–Trinajstić information content (AvgIpc) is 3.26. The number of rotatable bonds is 10. The minimum Gasteiger partial charge on any atom is -0.302 e. The molecule has 0 saturated carbocycles. The summed E-state index contributed by atoms with van der Waals surface area (Å²) in [5, 5.41) is 0. The monoisotopic (exact) mass is 424 g/mol. The number of unbranched alkanes of at least 4 members (excludes halogenated alkanes) is 2. The summed E-state index contributed by atoms with van der Waals surface area (Å²) in [5.41, 5.74) is 6.17. The Morgan fingerprint density at radius 1 is 1.16 bits per heavy atom. The van der Waals surface area contributed by atoms with Gasteiger partial charge in [-0.15, -0.1) is 6.42 Å². The largest absolute Gasteiger partial charge is 0.302 e. The second-order valence-corrected chi connectivity index (χ2v) is 8.26. The van der Waals surface area contributed by atoms with Crippen molar-refractivity contribution in [2.45, 2.75) is 52.9 Å². The number of hydrogen-bond acceptors (Lipinski definition) is 2. The van der Waals surface area contributed by atoms with E-state index in [-0.39, 0.29) is 11.7 Å². The highest BCUT2D eigenvalue weighted by Crippen LogP contribution is 2.30. The molecule has 0 aliphatic carbocycles. The molecule has 0 N–H and O–H groups in total. The molecule has 3 aromatic rings. The van der Waals surface area contributed by atoms with Crippen molar-refractivity contribution in [2.24, 2.45) is 5.92 Å². The predicted molar refractivity (Wildman–Crippen MR) is 133 cm³/mol. The second kappa shape index (κ2) is 10.8. The minimum absolute atomic E-state index is 0.0501.